The molecular weight excluding hydrogens is 250 g/mol. The standard InChI is InChI=1S/C14H14F2N2O/c1-9(17)14(10-3-2-6-18-8-10)19-13-5-4-11(15)7-12(13)16/h2-9,14H,17H2,1H3. The summed E-state index contributed by atoms with van der Waals surface area (Å²) in [6.07, 6.45) is 2.68. The molecule has 0 radical (unpaired) electrons. The molecule has 0 aliphatic carbocycles. The van der Waals surface area contributed by atoms with E-state index in [-0.39, 0.29) is 11.8 Å². The van der Waals surface area contributed by atoms with Crippen molar-refractivity contribution in [3.8, 4) is 5.75 Å². The molecule has 2 atom stereocenters. The summed E-state index contributed by atoms with van der Waals surface area (Å²) < 4.78 is 31.9. The number of benzene rings is 1. The summed E-state index contributed by atoms with van der Waals surface area (Å²) in [5, 5.41) is 0. The van der Waals surface area contributed by atoms with Crippen molar-refractivity contribution >= 4 is 0 Å². The van der Waals surface area contributed by atoms with E-state index >= 15 is 0 Å². The molecule has 100 valence electrons. The van der Waals surface area contributed by atoms with Crippen LogP contribution in [-0.4, -0.2) is 11.0 Å². The van der Waals surface area contributed by atoms with Crippen molar-refractivity contribution in [3.63, 3.8) is 0 Å². The average Bonchev–Trinajstić information content (AvgIpc) is 2.38. The molecule has 0 aliphatic heterocycles. The van der Waals surface area contributed by atoms with Gasteiger partial charge in [-0.2, -0.15) is 0 Å². The zero-order chi connectivity index (χ0) is 13.8. The van der Waals surface area contributed by atoms with Crippen molar-refractivity contribution < 1.29 is 13.5 Å². The van der Waals surface area contributed by atoms with Crippen LogP contribution in [0.2, 0.25) is 0 Å². The van der Waals surface area contributed by atoms with Crippen molar-refractivity contribution in [2.24, 2.45) is 5.73 Å². The van der Waals surface area contributed by atoms with Crippen molar-refractivity contribution in [3.05, 3.63) is 59.9 Å². The van der Waals surface area contributed by atoms with Crippen LogP contribution >= 0.6 is 0 Å². The lowest BCUT2D eigenvalue weighted by molar-refractivity contribution is 0.172. The summed E-state index contributed by atoms with van der Waals surface area (Å²) in [5.41, 5.74) is 6.58. The predicted octanol–water partition coefficient (Wildman–Crippen LogP) is 2.83. The minimum atomic E-state index is -0.755. The summed E-state index contributed by atoms with van der Waals surface area (Å²) in [7, 11) is 0. The third-order valence-corrected chi connectivity index (χ3v) is 2.64. The first-order valence-corrected chi connectivity index (χ1v) is 5.85. The zero-order valence-corrected chi connectivity index (χ0v) is 10.4. The van der Waals surface area contributed by atoms with E-state index in [1.54, 1.807) is 31.5 Å². The van der Waals surface area contributed by atoms with Crippen LogP contribution in [0, 0.1) is 11.6 Å². The molecule has 2 rings (SSSR count). The second-order valence-electron chi connectivity index (χ2n) is 4.26. The van der Waals surface area contributed by atoms with Gasteiger partial charge in [-0.3, -0.25) is 4.98 Å². The fourth-order valence-electron chi connectivity index (χ4n) is 1.73. The number of hydrogen-bond donors (Lipinski definition) is 1. The molecule has 1 aromatic heterocycles. The van der Waals surface area contributed by atoms with Gasteiger partial charge >= 0.3 is 0 Å². The highest BCUT2D eigenvalue weighted by Crippen LogP contribution is 2.26. The number of ether oxygens (including phenoxy) is 1. The fraction of sp³-hybridized carbons (Fsp3) is 0.214. The molecule has 0 saturated carbocycles. The Morgan fingerprint density at radius 1 is 1.26 bits per heavy atom. The van der Waals surface area contributed by atoms with Gasteiger partial charge in [-0.1, -0.05) is 6.07 Å². The molecule has 0 aliphatic rings. The molecule has 3 nitrogen and oxygen atoms in total. The summed E-state index contributed by atoms with van der Waals surface area (Å²) in [6.45, 7) is 1.75. The van der Waals surface area contributed by atoms with Crippen LogP contribution in [0.1, 0.15) is 18.6 Å². The number of pyridine rings is 1. The molecular formula is C14H14F2N2O. The molecule has 5 heteroatoms. The second-order valence-corrected chi connectivity index (χ2v) is 4.26. The average molecular weight is 264 g/mol. The summed E-state index contributed by atoms with van der Waals surface area (Å²) in [5.74, 6) is -1.44. The molecule has 1 aromatic carbocycles. The van der Waals surface area contributed by atoms with Gasteiger partial charge in [0.2, 0.25) is 0 Å². The molecule has 1 heterocycles. The van der Waals surface area contributed by atoms with Crippen molar-refractivity contribution in [1.82, 2.24) is 4.98 Å². The van der Waals surface area contributed by atoms with Crippen LogP contribution < -0.4 is 10.5 Å². The van der Waals surface area contributed by atoms with Crippen LogP contribution in [0.5, 0.6) is 5.75 Å². The predicted molar refractivity (Wildman–Crippen MR) is 67.6 cm³/mol. The Hall–Kier alpha value is -2.01. The van der Waals surface area contributed by atoms with Gasteiger partial charge in [0.15, 0.2) is 11.6 Å². The number of nitrogens with two attached hydrogens (primary N) is 1. The van der Waals surface area contributed by atoms with Crippen LogP contribution in [0.25, 0.3) is 0 Å². The van der Waals surface area contributed by atoms with Gasteiger partial charge in [0.05, 0.1) is 0 Å². The minimum absolute atomic E-state index is 0.0347. The first kappa shape index (κ1) is 13.4. The number of aromatic nitrogens is 1. The Balaban J connectivity index is 2.27. The number of halogens is 2. The zero-order valence-electron chi connectivity index (χ0n) is 10.4. The first-order valence-electron chi connectivity index (χ1n) is 5.85. The Kier molecular flexibility index (Phi) is 4.06. The van der Waals surface area contributed by atoms with Crippen LogP contribution in [0.15, 0.2) is 42.7 Å². The van der Waals surface area contributed by atoms with E-state index in [1.807, 2.05) is 0 Å². The van der Waals surface area contributed by atoms with Gasteiger partial charge in [-0.25, -0.2) is 8.78 Å². The monoisotopic (exact) mass is 264 g/mol. The third kappa shape index (κ3) is 3.26. The Bertz CT molecular complexity index is 546. The van der Waals surface area contributed by atoms with E-state index in [0.717, 1.165) is 17.7 Å². The summed E-state index contributed by atoms with van der Waals surface area (Å²) >= 11 is 0. The second kappa shape index (κ2) is 5.75. The van der Waals surface area contributed by atoms with E-state index in [4.69, 9.17) is 10.5 Å². The van der Waals surface area contributed by atoms with Gasteiger partial charge in [-0.05, 0) is 25.1 Å². The van der Waals surface area contributed by atoms with Gasteiger partial charge < -0.3 is 10.5 Å². The van der Waals surface area contributed by atoms with Crippen LogP contribution in [0.4, 0.5) is 8.78 Å². The van der Waals surface area contributed by atoms with Crippen LogP contribution in [-0.2, 0) is 0 Å². The third-order valence-electron chi connectivity index (χ3n) is 2.64. The molecule has 2 N–H and O–H groups in total. The van der Waals surface area contributed by atoms with E-state index in [9.17, 15) is 8.78 Å². The van der Waals surface area contributed by atoms with Gasteiger partial charge in [0.25, 0.3) is 0 Å². The number of nitrogens with zero attached hydrogens (tertiary/aromatic N) is 1. The van der Waals surface area contributed by atoms with Crippen molar-refractivity contribution in [2.45, 2.75) is 19.1 Å². The van der Waals surface area contributed by atoms with E-state index in [2.05, 4.69) is 4.98 Å². The Labute approximate surface area is 110 Å². The Morgan fingerprint density at radius 3 is 2.63 bits per heavy atom. The fourth-order valence-corrected chi connectivity index (χ4v) is 1.73. The van der Waals surface area contributed by atoms with Crippen LogP contribution in [0.3, 0.4) is 0 Å². The molecule has 0 fully saturated rings. The van der Waals surface area contributed by atoms with Gasteiger partial charge in [0, 0.05) is 30.1 Å². The first-order chi connectivity index (χ1) is 9.08. The van der Waals surface area contributed by atoms with Crippen molar-refractivity contribution in [2.75, 3.05) is 0 Å². The van der Waals surface area contributed by atoms with E-state index in [0.29, 0.717) is 0 Å². The van der Waals surface area contributed by atoms with Gasteiger partial charge in [0.1, 0.15) is 11.9 Å². The molecule has 19 heavy (non-hydrogen) atoms. The SMILES string of the molecule is CC(N)C(Oc1ccc(F)cc1F)c1cccnc1. The highest BCUT2D eigenvalue weighted by Gasteiger charge is 2.20. The Morgan fingerprint density at radius 2 is 2.05 bits per heavy atom. The quantitative estimate of drug-likeness (QED) is 0.923. The smallest absolute Gasteiger partial charge is 0.168 e. The lowest BCUT2D eigenvalue weighted by atomic mass is 10.1. The topological polar surface area (TPSA) is 48.1 Å². The maximum Gasteiger partial charge on any atom is 0.168 e. The number of hydrogen-bond acceptors (Lipinski definition) is 3. The highest BCUT2D eigenvalue weighted by molar-refractivity contribution is 5.26. The van der Waals surface area contributed by atoms with E-state index in [1.165, 1.54) is 6.07 Å². The summed E-state index contributed by atoms with van der Waals surface area (Å²) in [6, 6.07) is 6.33. The molecule has 0 bridgehead atoms. The minimum Gasteiger partial charge on any atom is -0.481 e. The van der Waals surface area contributed by atoms with Crippen molar-refractivity contribution in [1.29, 1.82) is 0 Å². The molecule has 0 saturated heterocycles. The lowest BCUT2D eigenvalue weighted by Crippen LogP contribution is -2.29. The molecule has 2 unspecified atom stereocenters. The molecule has 2 aromatic rings. The molecule has 0 amide bonds. The summed E-state index contributed by atoms with van der Waals surface area (Å²) in [4.78, 5) is 3.98. The van der Waals surface area contributed by atoms with E-state index < -0.39 is 17.7 Å². The normalized spacial score (nSPS) is 13.9. The highest BCUT2D eigenvalue weighted by atomic mass is 19.1. The molecule has 0 spiro atoms. The number of rotatable bonds is 4. The largest absolute Gasteiger partial charge is 0.481 e. The maximum absolute atomic E-state index is 13.6. The van der Waals surface area contributed by atoms with Gasteiger partial charge in [-0.15, -0.1) is 0 Å². The lowest BCUT2D eigenvalue weighted by Gasteiger charge is -2.22. The maximum atomic E-state index is 13.6.